The molecule has 136 valence electrons. The second-order valence-electron chi connectivity index (χ2n) is 7.09. The lowest BCUT2D eigenvalue weighted by atomic mass is 9.92. The van der Waals surface area contributed by atoms with Crippen molar-refractivity contribution in [1.29, 1.82) is 0 Å². The summed E-state index contributed by atoms with van der Waals surface area (Å²) in [5.41, 5.74) is 0.416. The van der Waals surface area contributed by atoms with Gasteiger partial charge in [0, 0.05) is 17.0 Å². The van der Waals surface area contributed by atoms with Crippen LogP contribution in [0.5, 0.6) is 6.01 Å². The molecule has 0 aliphatic heterocycles. The molecule has 0 bridgehead atoms. The van der Waals surface area contributed by atoms with Crippen molar-refractivity contribution in [2.45, 2.75) is 47.0 Å². The van der Waals surface area contributed by atoms with Crippen molar-refractivity contribution >= 4 is 29.1 Å². The highest BCUT2D eigenvalue weighted by Crippen LogP contribution is 2.31. The first kappa shape index (κ1) is 19.7. The minimum atomic E-state index is -0.173. The fourth-order valence-electron chi connectivity index (χ4n) is 2.21. The molecule has 0 amide bonds. The summed E-state index contributed by atoms with van der Waals surface area (Å²) in [7, 11) is 0. The van der Waals surface area contributed by atoms with E-state index >= 15 is 0 Å². The van der Waals surface area contributed by atoms with Crippen molar-refractivity contribution in [1.82, 2.24) is 14.8 Å². The van der Waals surface area contributed by atoms with Crippen molar-refractivity contribution in [3.05, 3.63) is 28.2 Å². The standard InChI is InChI=1S/C18H23Cl2N3O2/c1-5-6-9-25-17-21-16(13-8-7-12(19)10-14(13)20)23(22-17)15(24)11-18(2,3)4/h7-8,10H,5-6,9,11H2,1-4H3. The maximum atomic E-state index is 12.7. The molecule has 0 aliphatic carbocycles. The molecule has 0 saturated carbocycles. The van der Waals surface area contributed by atoms with Crippen LogP contribution >= 0.6 is 23.2 Å². The number of carbonyl (C=O) groups is 1. The second kappa shape index (κ2) is 8.19. The Balaban J connectivity index is 2.42. The molecule has 0 unspecified atom stereocenters. The van der Waals surface area contributed by atoms with E-state index in [9.17, 15) is 4.79 Å². The number of nitrogens with zero attached hydrogens (tertiary/aromatic N) is 3. The van der Waals surface area contributed by atoms with E-state index in [0.29, 0.717) is 34.5 Å². The quantitative estimate of drug-likeness (QED) is 0.617. The lowest BCUT2D eigenvalue weighted by Crippen LogP contribution is -2.21. The summed E-state index contributed by atoms with van der Waals surface area (Å²) in [6.07, 6.45) is 2.21. The van der Waals surface area contributed by atoms with Crippen LogP contribution in [0.25, 0.3) is 11.4 Å². The van der Waals surface area contributed by atoms with Gasteiger partial charge in [-0.2, -0.15) is 9.67 Å². The lowest BCUT2D eigenvalue weighted by molar-refractivity contribution is 0.0840. The smallest absolute Gasteiger partial charge is 0.336 e. The van der Waals surface area contributed by atoms with Gasteiger partial charge in [0.1, 0.15) is 0 Å². The molecule has 0 aliphatic rings. The molecule has 0 N–H and O–H groups in total. The first-order valence-electron chi connectivity index (χ1n) is 8.30. The topological polar surface area (TPSA) is 57.0 Å². The summed E-state index contributed by atoms with van der Waals surface area (Å²) in [6, 6.07) is 5.22. The normalized spacial score (nSPS) is 11.6. The molecule has 25 heavy (non-hydrogen) atoms. The van der Waals surface area contributed by atoms with Crippen LogP contribution in [0.3, 0.4) is 0 Å². The number of ether oxygens (including phenoxy) is 1. The Labute approximate surface area is 158 Å². The van der Waals surface area contributed by atoms with Gasteiger partial charge in [0.05, 0.1) is 11.6 Å². The summed E-state index contributed by atoms with van der Waals surface area (Å²) in [4.78, 5) is 17.1. The molecule has 0 saturated heterocycles. The van der Waals surface area contributed by atoms with Crippen molar-refractivity contribution in [3.8, 4) is 17.4 Å². The number of hydrogen-bond donors (Lipinski definition) is 0. The molecule has 1 heterocycles. The molecule has 7 heteroatoms. The van der Waals surface area contributed by atoms with Crippen LogP contribution in [0, 0.1) is 5.41 Å². The second-order valence-corrected chi connectivity index (χ2v) is 7.93. The Morgan fingerprint density at radius 2 is 2.00 bits per heavy atom. The molecular formula is C18H23Cl2N3O2. The Bertz CT molecular complexity index is 751. The fourth-order valence-corrected chi connectivity index (χ4v) is 2.70. The third-order valence-corrected chi connectivity index (χ3v) is 3.95. The first-order chi connectivity index (χ1) is 11.7. The largest absolute Gasteiger partial charge is 0.462 e. The summed E-state index contributed by atoms with van der Waals surface area (Å²) in [6.45, 7) is 8.56. The van der Waals surface area contributed by atoms with E-state index in [1.54, 1.807) is 18.2 Å². The Kier molecular flexibility index (Phi) is 6.47. The van der Waals surface area contributed by atoms with Gasteiger partial charge < -0.3 is 4.74 Å². The highest BCUT2D eigenvalue weighted by atomic mass is 35.5. The monoisotopic (exact) mass is 383 g/mol. The predicted molar refractivity (Wildman–Crippen MR) is 101 cm³/mol. The summed E-state index contributed by atoms with van der Waals surface area (Å²) in [5.74, 6) is 0.203. The van der Waals surface area contributed by atoms with Gasteiger partial charge in [-0.15, -0.1) is 5.10 Å². The highest BCUT2D eigenvalue weighted by molar-refractivity contribution is 6.36. The number of halogens is 2. The van der Waals surface area contributed by atoms with Gasteiger partial charge in [-0.1, -0.05) is 57.3 Å². The fraction of sp³-hybridized carbons (Fsp3) is 0.500. The van der Waals surface area contributed by atoms with Crippen LogP contribution in [0.15, 0.2) is 18.2 Å². The van der Waals surface area contributed by atoms with Crippen molar-refractivity contribution in [2.24, 2.45) is 5.41 Å². The zero-order valence-electron chi connectivity index (χ0n) is 15.0. The van der Waals surface area contributed by atoms with Gasteiger partial charge in [0.25, 0.3) is 0 Å². The zero-order chi connectivity index (χ0) is 18.6. The molecule has 0 radical (unpaired) electrons. The summed E-state index contributed by atoms with van der Waals surface area (Å²) in [5, 5.41) is 5.17. The molecule has 1 aromatic heterocycles. The van der Waals surface area contributed by atoms with Gasteiger partial charge in [-0.25, -0.2) is 0 Å². The maximum absolute atomic E-state index is 12.7. The Morgan fingerprint density at radius 1 is 1.28 bits per heavy atom. The number of carbonyl (C=O) groups excluding carboxylic acids is 1. The van der Waals surface area contributed by atoms with Gasteiger partial charge in [-0.3, -0.25) is 4.79 Å². The molecular weight excluding hydrogens is 361 g/mol. The van der Waals surface area contributed by atoms with E-state index in [4.69, 9.17) is 27.9 Å². The van der Waals surface area contributed by atoms with Crippen LogP contribution < -0.4 is 4.74 Å². The van der Waals surface area contributed by atoms with E-state index in [-0.39, 0.29) is 17.3 Å². The van der Waals surface area contributed by atoms with E-state index in [0.717, 1.165) is 12.8 Å². The SMILES string of the molecule is CCCCOc1nc(-c2ccc(Cl)cc2Cl)n(C(=O)CC(C)(C)C)n1. The first-order valence-corrected chi connectivity index (χ1v) is 9.05. The zero-order valence-corrected chi connectivity index (χ0v) is 16.5. The van der Waals surface area contributed by atoms with Gasteiger partial charge >= 0.3 is 6.01 Å². The average molecular weight is 384 g/mol. The Morgan fingerprint density at radius 3 is 2.60 bits per heavy atom. The maximum Gasteiger partial charge on any atom is 0.336 e. The summed E-state index contributed by atoms with van der Waals surface area (Å²) >= 11 is 12.3. The lowest BCUT2D eigenvalue weighted by Gasteiger charge is -2.17. The van der Waals surface area contributed by atoms with Crippen LogP contribution in [0.1, 0.15) is 51.8 Å². The third-order valence-electron chi connectivity index (χ3n) is 3.41. The minimum absolute atomic E-state index is 0.161. The Hall–Kier alpha value is -1.59. The van der Waals surface area contributed by atoms with Gasteiger partial charge in [0.15, 0.2) is 5.82 Å². The van der Waals surface area contributed by atoms with E-state index in [1.807, 2.05) is 20.8 Å². The number of unbranched alkanes of at least 4 members (excludes halogenated alkanes) is 1. The van der Waals surface area contributed by atoms with Crippen LogP contribution in [-0.4, -0.2) is 27.3 Å². The number of rotatable bonds is 6. The molecule has 1 aromatic carbocycles. The van der Waals surface area contributed by atoms with Gasteiger partial charge in [0.2, 0.25) is 5.91 Å². The predicted octanol–water partition coefficient (Wildman–Crippen LogP) is 5.51. The van der Waals surface area contributed by atoms with Crippen molar-refractivity contribution < 1.29 is 9.53 Å². The number of aromatic nitrogens is 3. The number of benzene rings is 1. The molecule has 2 aromatic rings. The van der Waals surface area contributed by atoms with Crippen LogP contribution in [0.2, 0.25) is 10.0 Å². The third kappa shape index (κ3) is 5.44. The molecule has 2 rings (SSSR count). The molecule has 0 spiro atoms. The van der Waals surface area contributed by atoms with Gasteiger partial charge in [-0.05, 0) is 30.0 Å². The van der Waals surface area contributed by atoms with E-state index in [2.05, 4.69) is 17.0 Å². The molecule has 0 atom stereocenters. The number of hydrogen-bond acceptors (Lipinski definition) is 4. The average Bonchev–Trinajstić information content (AvgIpc) is 2.90. The highest BCUT2D eigenvalue weighted by Gasteiger charge is 2.24. The van der Waals surface area contributed by atoms with Crippen LogP contribution in [0.4, 0.5) is 0 Å². The van der Waals surface area contributed by atoms with Crippen molar-refractivity contribution in [2.75, 3.05) is 6.61 Å². The van der Waals surface area contributed by atoms with Crippen LogP contribution in [-0.2, 0) is 0 Å². The molecule has 5 nitrogen and oxygen atoms in total. The molecule has 0 fully saturated rings. The summed E-state index contributed by atoms with van der Waals surface area (Å²) < 4.78 is 6.85. The van der Waals surface area contributed by atoms with E-state index < -0.39 is 0 Å². The minimum Gasteiger partial charge on any atom is -0.462 e. The van der Waals surface area contributed by atoms with Crippen molar-refractivity contribution in [3.63, 3.8) is 0 Å². The van der Waals surface area contributed by atoms with E-state index in [1.165, 1.54) is 4.68 Å².